The molecule has 0 atom stereocenters. The van der Waals surface area contributed by atoms with Gasteiger partial charge in [0.1, 0.15) is 0 Å². The Kier molecular flexibility index (Phi) is 5.79. The number of anilines is 2. The van der Waals surface area contributed by atoms with E-state index in [1.807, 2.05) is 0 Å². The largest absolute Gasteiger partial charge is 0.387 e. The van der Waals surface area contributed by atoms with Crippen LogP contribution >= 0.6 is 23.2 Å². The van der Waals surface area contributed by atoms with Crippen molar-refractivity contribution in [1.82, 2.24) is 0 Å². The molecule has 2 N–H and O–H groups in total. The standard InChI is InChI=1S/C16H18Cl2N2O2S/c1-19-15-5-3-11(7-13(15)17)9-23(21,22)10-12-4-6-16(20-2)14(18)8-12/h3-8,19-20H,9-10H2,1-2H3. The molecule has 0 unspecified atom stereocenters. The van der Waals surface area contributed by atoms with Gasteiger partial charge in [0.15, 0.2) is 9.84 Å². The second kappa shape index (κ2) is 7.43. The van der Waals surface area contributed by atoms with Crippen molar-refractivity contribution in [3.05, 3.63) is 57.6 Å². The Hall–Kier alpha value is -1.43. The van der Waals surface area contributed by atoms with Crippen LogP contribution in [0.5, 0.6) is 0 Å². The Morgan fingerprint density at radius 2 is 1.22 bits per heavy atom. The highest BCUT2D eigenvalue weighted by molar-refractivity contribution is 7.89. The molecule has 7 heteroatoms. The van der Waals surface area contributed by atoms with Crippen LogP contribution in [-0.4, -0.2) is 22.5 Å². The fraction of sp³-hybridized carbons (Fsp3) is 0.250. The van der Waals surface area contributed by atoms with Crippen molar-refractivity contribution in [3.63, 3.8) is 0 Å². The highest BCUT2D eigenvalue weighted by Gasteiger charge is 2.15. The maximum atomic E-state index is 12.4. The molecule has 0 amide bonds. The van der Waals surface area contributed by atoms with Crippen LogP contribution in [0.3, 0.4) is 0 Å². The minimum atomic E-state index is -3.32. The van der Waals surface area contributed by atoms with Crippen LogP contribution in [0.25, 0.3) is 0 Å². The molecule has 0 fully saturated rings. The van der Waals surface area contributed by atoms with E-state index in [1.54, 1.807) is 50.5 Å². The Morgan fingerprint density at radius 1 is 0.826 bits per heavy atom. The van der Waals surface area contributed by atoms with Crippen molar-refractivity contribution in [2.75, 3.05) is 24.7 Å². The van der Waals surface area contributed by atoms with Gasteiger partial charge in [-0.2, -0.15) is 0 Å². The molecule has 0 aromatic heterocycles. The van der Waals surface area contributed by atoms with Crippen LogP contribution in [0.4, 0.5) is 11.4 Å². The zero-order chi connectivity index (χ0) is 17.0. The van der Waals surface area contributed by atoms with E-state index < -0.39 is 9.84 Å². The van der Waals surface area contributed by atoms with Crippen molar-refractivity contribution >= 4 is 44.4 Å². The SMILES string of the molecule is CNc1ccc(CS(=O)(=O)Cc2ccc(NC)c(Cl)c2)cc1Cl. The monoisotopic (exact) mass is 372 g/mol. The smallest absolute Gasteiger partial charge is 0.158 e. The summed E-state index contributed by atoms with van der Waals surface area (Å²) in [5.41, 5.74) is 2.85. The molecule has 0 aliphatic rings. The third-order valence-electron chi connectivity index (χ3n) is 3.38. The summed E-state index contributed by atoms with van der Waals surface area (Å²) in [6.45, 7) is 0. The van der Waals surface area contributed by atoms with Crippen molar-refractivity contribution in [1.29, 1.82) is 0 Å². The van der Waals surface area contributed by atoms with Gasteiger partial charge in [0.2, 0.25) is 0 Å². The molecule has 2 aromatic rings. The third kappa shape index (κ3) is 4.77. The van der Waals surface area contributed by atoms with Gasteiger partial charge in [-0.3, -0.25) is 0 Å². The molecule has 2 aromatic carbocycles. The normalized spacial score (nSPS) is 11.3. The quantitative estimate of drug-likeness (QED) is 0.797. The average molecular weight is 373 g/mol. The van der Waals surface area contributed by atoms with Gasteiger partial charge in [0.25, 0.3) is 0 Å². The maximum absolute atomic E-state index is 12.4. The number of benzene rings is 2. The van der Waals surface area contributed by atoms with Gasteiger partial charge in [0.05, 0.1) is 32.9 Å². The summed E-state index contributed by atoms with van der Waals surface area (Å²) in [5, 5.41) is 6.88. The van der Waals surface area contributed by atoms with Crippen LogP contribution in [0.2, 0.25) is 10.0 Å². The summed E-state index contributed by atoms with van der Waals surface area (Å²) >= 11 is 12.2. The predicted molar refractivity (Wildman–Crippen MR) is 98.3 cm³/mol. The molecular weight excluding hydrogens is 355 g/mol. The van der Waals surface area contributed by atoms with Gasteiger partial charge >= 0.3 is 0 Å². The molecule has 0 heterocycles. The highest BCUT2D eigenvalue weighted by Crippen LogP contribution is 2.26. The van der Waals surface area contributed by atoms with E-state index in [-0.39, 0.29) is 11.5 Å². The molecule has 0 aliphatic heterocycles. The van der Waals surface area contributed by atoms with Gasteiger partial charge < -0.3 is 10.6 Å². The molecule has 2 rings (SSSR count). The minimum absolute atomic E-state index is 0.0673. The first-order valence-electron chi connectivity index (χ1n) is 6.97. The molecule has 124 valence electrons. The summed E-state index contributed by atoms with van der Waals surface area (Å²) < 4.78 is 24.8. The third-order valence-corrected chi connectivity index (χ3v) is 5.55. The average Bonchev–Trinajstić information content (AvgIpc) is 2.46. The van der Waals surface area contributed by atoms with E-state index in [9.17, 15) is 8.42 Å². The second-order valence-electron chi connectivity index (χ2n) is 5.16. The van der Waals surface area contributed by atoms with Crippen LogP contribution in [0.15, 0.2) is 36.4 Å². The number of hydrogen-bond acceptors (Lipinski definition) is 4. The Labute approximate surface area is 146 Å². The number of hydrogen-bond donors (Lipinski definition) is 2. The second-order valence-corrected chi connectivity index (χ2v) is 8.04. The van der Waals surface area contributed by atoms with E-state index in [2.05, 4.69) is 10.6 Å². The summed E-state index contributed by atoms with van der Waals surface area (Å²) in [7, 11) is 0.202. The molecule has 0 aliphatic carbocycles. The Bertz CT molecular complexity index is 746. The van der Waals surface area contributed by atoms with Crippen molar-refractivity contribution < 1.29 is 8.42 Å². The first-order chi connectivity index (χ1) is 10.8. The van der Waals surface area contributed by atoms with E-state index >= 15 is 0 Å². The van der Waals surface area contributed by atoms with E-state index in [0.717, 1.165) is 11.4 Å². The highest BCUT2D eigenvalue weighted by atomic mass is 35.5. The first kappa shape index (κ1) is 17.9. The number of sulfone groups is 1. The number of rotatable bonds is 6. The minimum Gasteiger partial charge on any atom is -0.387 e. The Morgan fingerprint density at radius 3 is 1.52 bits per heavy atom. The Balaban J connectivity index is 2.16. The number of nitrogens with one attached hydrogen (secondary N) is 2. The molecular formula is C16H18Cl2N2O2S. The zero-order valence-corrected chi connectivity index (χ0v) is 15.2. The number of halogens is 2. The van der Waals surface area contributed by atoms with Crippen molar-refractivity contribution in [2.45, 2.75) is 11.5 Å². The molecule has 23 heavy (non-hydrogen) atoms. The van der Waals surface area contributed by atoms with Crippen LogP contribution in [0, 0.1) is 0 Å². The lowest BCUT2D eigenvalue weighted by molar-refractivity contribution is 0.594. The molecule has 0 spiro atoms. The van der Waals surface area contributed by atoms with Gasteiger partial charge in [-0.05, 0) is 35.4 Å². The lowest BCUT2D eigenvalue weighted by atomic mass is 10.2. The lowest BCUT2D eigenvalue weighted by Gasteiger charge is -2.09. The summed E-state index contributed by atoms with van der Waals surface area (Å²) in [4.78, 5) is 0. The fourth-order valence-electron chi connectivity index (χ4n) is 2.26. The van der Waals surface area contributed by atoms with E-state index in [1.165, 1.54) is 0 Å². The fourth-order valence-corrected chi connectivity index (χ4v) is 4.33. The maximum Gasteiger partial charge on any atom is 0.158 e. The topological polar surface area (TPSA) is 58.2 Å². The van der Waals surface area contributed by atoms with Crippen LogP contribution < -0.4 is 10.6 Å². The van der Waals surface area contributed by atoms with Crippen LogP contribution in [0.1, 0.15) is 11.1 Å². The lowest BCUT2D eigenvalue weighted by Crippen LogP contribution is -2.08. The van der Waals surface area contributed by atoms with E-state index in [0.29, 0.717) is 21.2 Å². The van der Waals surface area contributed by atoms with Crippen LogP contribution in [-0.2, 0) is 21.3 Å². The molecule has 0 bridgehead atoms. The van der Waals surface area contributed by atoms with Gasteiger partial charge in [-0.1, -0.05) is 35.3 Å². The summed E-state index contributed by atoms with van der Waals surface area (Å²) in [5.74, 6) is -0.135. The molecule has 0 radical (unpaired) electrons. The zero-order valence-electron chi connectivity index (χ0n) is 12.9. The molecule has 4 nitrogen and oxygen atoms in total. The van der Waals surface area contributed by atoms with Crippen molar-refractivity contribution in [3.8, 4) is 0 Å². The summed E-state index contributed by atoms with van der Waals surface area (Å²) in [6, 6.07) is 10.4. The molecule has 0 saturated carbocycles. The van der Waals surface area contributed by atoms with Gasteiger partial charge in [-0.25, -0.2) is 8.42 Å². The van der Waals surface area contributed by atoms with E-state index in [4.69, 9.17) is 23.2 Å². The van der Waals surface area contributed by atoms with Crippen molar-refractivity contribution in [2.24, 2.45) is 0 Å². The molecule has 0 saturated heterocycles. The summed E-state index contributed by atoms with van der Waals surface area (Å²) in [6.07, 6.45) is 0. The van der Waals surface area contributed by atoms with Gasteiger partial charge in [-0.15, -0.1) is 0 Å². The predicted octanol–water partition coefficient (Wildman–Crippen LogP) is 4.19. The van der Waals surface area contributed by atoms with Gasteiger partial charge in [0, 0.05) is 14.1 Å². The first-order valence-corrected chi connectivity index (χ1v) is 9.55.